The van der Waals surface area contributed by atoms with Crippen LogP contribution in [-0.4, -0.2) is 54.8 Å². The standard InChI is InChI=1S/C20H29N3O3/c1-20(2,3)12-16-13-21-19(26)23(18(16)25)10-9-14-7-6-8-15(11-14)17(24)22(4)5/h6-8,11,16H,9-10,12-13H2,1-5H3,(H,21,26). The number of urea groups is 1. The molecule has 0 bridgehead atoms. The summed E-state index contributed by atoms with van der Waals surface area (Å²) in [5, 5.41) is 2.82. The molecule has 1 unspecified atom stereocenters. The van der Waals surface area contributed by atoms with Gasteiger partial charge in [-0.1, -0.05) is 32.9 Å². The highest BCUT2D eigenvalue weighted by molar-refractivity contribution is 5.98. The molecule has 0 aliphatic carbocycles. The molecule has 1 N–H and O–H groups in total. The molecule has 142 valence electrons. The first-order chi connectivity index (χ1) is 12.1. The fourth-order valence-corrected chi connectivity index (χ4v) is 3.18. The first-order valence-electron chi connectivity index (χ1n) is 8.98. The highest BCUT2D eigenvalue weighted by Gasteiger charge is 2.35. The summed E-state index contributed by atoms with van der Waals surface area (Å²) in [5.74, 6) is -0.359. The van der Waals surface area contributed by atoms with Gasteiger partial charge in [0.25, 0.3) is 5.91 Å². The number of imide groups is 1. The molecule has 0 spiro atoms. The minimum atomic E-state index is -0.333. The average molecular weight is 359 g/mol. The van der Waals surface area contributed by atoms with Crippen LogP contribution in [0.25, 0.3) is 0 Å². The van der Waals surface area contributed by atoms with Crippen molar-refractivity contribution in [3.05, 3.63) is 35.4 Å². The topological polar surface area (TPSA) is 69.7 Å². The average Bonchev–Trinajstić information content (AvgIpc) is 2.56. The molecule has 1 heterocycles. The molecule has 1 aromatic carbocycles. The van der Waals surface area contributed by atoms with Crippen LogP contribution >= 0.6 is 0 Å². The summed E-state index contributed by atoms with van der Waals surface area (Å²) in [6.07, 6.45) is 1.26. The van der Waals surface area contributed by atoms with Gasteiger partial charge >= 0.3 is 6.03 Å². The van der Waals surface area contributed by atoms with Gasteiger partial charge in [-0.2, -0.15) is 0 Å². The first kappa shape index (κ1) is 19.9. The highest BCUT2D eigenvalue weighted by Crippen LogP contribution is 2.27. The van der Waals surface area contributed by atoms with Crippen LogP contribution < -0.4 is 5.32 Å². The number of amides is 4. The van der Waals surface area contributed by atoms with Crippen molar-refractivity contribution in [1.29, 1.82) is 0 Å². The van der Waals surface area contributed by atoms with Crippen LogP contribution in [0.2, 0.25) is 0 Å². The molecule has 26 heavy (non-hydrogen) atoms. The summed E-state index contributed by atoms with van der Waals surface area (Å²) in [6.45, 7) is 6.99. The van der Waals surface area contributed by atoms with Gasteiger partial charge in [-0.15, -0.1) is 0 Å². The van der Waals surface area contributed by atoms with E-state index in [1.807, 2.05) is 18.2 Å². The summed E-state index contributed by atoms with van der Waals surface area (Å²) < 4.78 is 0. The maximum atomic E-state index is 12.7. The van der Waals surface area contributed by atoms with Gasteiger partial charge in [-0.25, -0.2) is 4.79 Å². The molecular formula is C20H29N3O3. The molecule has 0 saturated carbocycles. The van der Waals surface area contributed by atoms with Crippen LogP contribution in [0.4, 0.5) is 4.79 Å². The summed E-state index contributed by atoms with van der Waals surface area (Å²) in [4.78, 5) is 39.7. The molecule has 4 amide bonds. The number of benzene rings is 1. The fourth-order valence-electron chi connectivity index (χ4n) is 3.18. The summed E-state index contributed by atoms with van der Waals surface area (Å²) >= 11 is 0. The van der Waals surface area contributed by atoms with Crippen LogP contribution in [0, 0.1) is 11.3 Å². The number of hydrogen-bond acceptors (Lipinski definition) is 3. The predicted molar refractivity (Wildman–Crippen MR) is 101 cm³/mol. The largest absolute Gasteiger partial charge is 0.345 e. The molecule has 0 radical (unpaired) electrons. The van der Waals surface area contributed by atoms with Crippen molar-refractivity contribution in [2.24, 2.45) is 11.3 Å². The first-order valence-corrected chi connectivity index (χ1v) is 8.98. The Morgan fingerprint density at radius 1 is 1.27 bits per heavy atom. The number of nitrogens with zero attached hydrogens (tertiary/aromatic N) is 2. The quantitative estimate of drug-likeness (QED) is 0.878. The summed E-state index contributed by atoms with van der Waals surface area (Å²) in [6, 6.07) is 6.99. The lowest BCUT2D eigenvalue weighted by Crippen LogP contribution is -2.55. The Kier molecular flexibility index (Phi) is 6.05. The van der Waals surface area contributed by atoms with Crippen molar-refractivity contribution >= 4 is 17.8 Å². The molecule has 2 rings (SSSR count). The number of carbonyl (C=O) groups is 3. The minimum absolute atomic E-state index is 0.0228. The molecule has 6 heteroatoms. The van der Waals surface area contributed by atoms with Crippen LogP contribution in [0.5, 0.6) is 0 Å². The van der Waals surface area contributed by atoms with Crippen molar-refractivity contribution in [1.82, 2.24) is 15.1 Å². The summed E-state index contributed by atoms with van der Waals surface area (Å²) in [5.41, 5.74) is 1.55. The van der Waals surface area contributed by atoms with E-state index >= 15 is 0 Å². The van der Waals surface area contributed by atoms with Crippen LogP contribution in [0.1, 0.15) is 43.1 Å². The van der Waals surface area contributed by atoms with E-state index < -0.39 is 0 Å². The third kappa shape index (κ3) is 5.07. The van der Waals surface area contributed by atoms with Crippen molar-refractivity contribution < 1.29 is 14.4 Å². The van der Waals surface area contributed by atoms with Crippen molar-refractivity contribution in [2.75, 3.05) is 27.2 Å². The van der Waals surface area contributed by atoms with Gasteiger partial charge in [-0.3, -0.25) is 14.5 Å². The molecular weight excluding hydrogens is 330 g/mol. The molecule has 1 atom stereocenters. The van der Waals surface area contributed by atoms with E-state index in [2.05, 4.69) is 26.1 Å². The predicted octanol–water partition coefficient (Wildman–Crippen LogP) is 2.54. The number of hydrogen-bond donors (Lipinski definition) is 1. The minimum Gasteiger partial charge on any atom is -0.345 e. The van der Waals surface area contributed by atoms with Gasteiger partial charge in [0.1, 0.15) is 0 Å². The molecule has 1 aromatic rings. The Morgan fingerprint density at radius 3 is 2.58 bits per heavy atom. The highest BCUT2D eigenvalue weighted by atomic mass is 16.2. The number of rotatable bonds is 5. The number of carbonyl (C=O) groups excluding carboxylic acids is 3. The lowest BCUT2D eigenvalue weighted by molar-refractivity contribution is -0.134. The fraction of sp³-hybridized carbons (Fsp3) is 0.550. The van der Waals surface area contributed by atoms with E-state index in [1.165, 1.54) is 9.80 Å². The van der Waals surface area contributed by atoms with Gasteiger partial charge in [0.05, 0.1) is 5.92 Å². The zero-order valence-electron chi connectivity index (χ0n) is 16.3. The van der Waals surface area contributed by atoms with E-state index in [9.17, 15) is 14.4 Å². The van der Waals surface area contributed by atoms with E-state index in [0.29, 0.717) is 25.1 Å². The Hall–Kier alpha value is -2.37. The molecule has 1 aliphatic rings. The van der Waals surface area contributed by atoms with E-state index in [1.54, 1.807) is 20.2 Å². The van der Waals surface area contributed by atoms with E-state index in [4.69, 9.17) is 0 Å². The second kappa shape index (κ2) is 7.89. The smallest absolute Gasteiger partial charge is 0.324 e. The van der Waals surface area contributed by atoms with E-state index in [0.717, 1.165) is 12.0 Å². The summed E-state index contributed by atoms with van der Waals surface area (Å²) in [7, 11) is 3.42. The Balaban J connectivity index is 2.05. The number of nitrogens with one attached hydrogen (secondary N) is 1. The van der Waals surface area contributed by atoms with Crippen molar-refractivity contribution in [3.8, 4) is 0 Å². The van der Waals surface area contributed by atoms with Crippen molar-refractivity contribution in [2.45, 2.75) is 33.6 Å². The maximum Gasteiger partial charge on any atom is 0.324 e. The van der Waals surface area contributed by atoms with Crippen molar-refractivity contribution in [3.63, 3.8) is 0 Å². The zero-order valence-corrected chi connectivity index (χ0v) is 16.3. The Morgan fingerprint density at radius 2 is 1.96 bits per heavy atom. The SMILES string of the molecule is CN(C)C(=O)c1cccc(CCN2C(=O)NCC(CC(C)(C)C)C2=O)c1. The van der Waals surface area contributed by atoms with Gasteiger partial charge in [-0.05, 0) is 36.0 Å². The Bertz CT molecular complexity index is 692. The molecule has 6 nitrogen and oxygen atoms in total. The third-order valence-electron chi connectivity index (χ3n) is 4.42. The second-order valence-corrected chi connectivity index (χ2v) is 8.29. The maximum absolute atomic E-state index is 12.7. The zero-order chi connectivity index (χ0) is 19.5. The van der Waals surface area contributed by atoms with Crippen LogP contribution in [0.3, 0.4) is 0 Å². The molecule has 1 saturated heterocycles. The van der Waals surface area contributed by atoms with Gasteiger partial charge in [0, 0.05) is 32.7 Å². The molecule has 1 fully saturated rings. The lowest BCUT2D eigenvalue weighted by Gasteiger charge is -2.34. The van der Waals surface area contributed by atoms with Gasteiger partial charge < -0.3 is 10.2 Å². The van der Waals surface area contributed by atoms with Gasteiger partial charge in [0.15, 0.2) is 0 Å². The monoisotopic (exact) mass is 359 g/mol. The van der Waals surface area contributed by atoms with E-state index in [-0.39, 0.29) is 29.2 Å². The van der Waals surface area contributed by atoms with Gasteiger partial charge in [0.2, 0.25) is 5.91 Å². The van der Waals surface area contributed by atoms with Crippen LogP contribution in [0.15, 0.2) is 24.3 Å². The molecule has 1 aliphatic heterocycles. The molecule has 0 aromatic heterocycles. The third-order valence-corrected chi connectivity index (χ3v) is 4.42. The lowest BCUT2D eigenvalue weighted by atomic mass is 9.83. The second-order valence-electron chi connectivity index (χ2n) is 8.29. The Labute approximate surface area is 155 Å². The van der Waals surface area contributed by atoms with Crippen LogP contribution in [-0.2, 0) is 11.2 Å². The normalized spacial score (nSPS) is 17.9.